The second-order valence-corrected chi connectivity index (χ2v) is 5.65. The summed E-state index contributed by atoms with van der Waals surface area (Å²) in [6.45, 7) is 0.514. The van der Waals surface area contributed by atoms with Gasteiger partial charge in [-0.2, -0.15) is 0 Å². The average Bonchev–Trinajstić information content (AvgIpc) is 2.62. The highest BCUT2D eigenvalue weighted by Gasteiger charge is 2.00. The molecule has 2 nitrogen and oxygen atoms in total. The molecule has 3 aromatic rings. The normalized spacial score (nSPS) is 10.3. The summed E-state index contributed by atoms with van der Waals surface area (Å²) in [5, 5.41) is 8.06. The molecule has 23 heavy (non-hydrogen) atoms. The molecule has 0 aliphatic heterocycles. The lowest BCUT2D eigenvalue weighted by Gasteiger charge is -2.08. The maximum absolute atomic E-state index is 7.33. The summed E-state index contributed by atoms with van der Waals surface area (Å²) in [5.74, 6) is 0.826. The van der Waals surface area contributed by atoms with Crippen LogP contribution in [0.1, 0.15) is 11.1 Å². The van der Waals surface area contributed by atoms with Crippen LogP contribution >= 0.6 is 11.6 Å². The van der Waals surface area contributed by atoms with Gasteiger partial charge in [0.15, 0.2) is 0 Å². The van der Waals surface area contributed by atoms with Crippen LogP contribution in [0.25, 0.3) is 11.1 Å². The molecule has 0 saturated heterocycles. The van der Waals surface area contributed by atoms with Crippen LogP contribution in [-0.2, 0) is 6.61 Å². The molecule has 0 radical (unpaired) electrons. The van der Waals surface area contributed by atoms with Gasteiger partial charge in [0.2, 0.25) is 0 Å². The second kappa shape index (κ2) is 7.12. The number of hydrogen-bond acceptors (Lipinski definition) is 2. The van der Waals surface area contributed by atoms with Gasteiger partial charge >= 0.3 is 0 Å². The molecule has 0 aliphatic rings. The number of halogens is 1. The first-order chi connectivity index (χ1) is 11.2. The Morgan fingerprint density at radius 1 is 0.870 bits per heavy atom. The Kier molecular flexibility index (Phi) is 4.74. The SMILES string of the molecule is N=Cc1cccc(-c2ccc(OCc3ccc(Cl)cc3)cc2)c1. The highest BCUT2D eigenvalue weighted by Crippen LogP contribution is 2.23. The monoisotopic (exact) mass is 321 g/mol. The van der Waals surface area contributed by atoms with Gasteiger partial charge in [0.1, 0.15) is 12.4 Å². The zero-order valence-electron chi connectivity index (χ0n) is 12.5. The van der Waals surface area contributed by atoms with Crippen LogP contribution in [0.4, 0.5) is 0 Å². The quantitative estimate of drug-likeness (QED) is 0.611. The van der Waals surface area contributed by atoms with Crippen LogP contribution in [-0.4, -0.2) is 6.21 Å². The lowest BCUT2D eigenvalue weighted by molar-refractivity contribution is 0.306. The molecule has 0 amide bonds. The van der Waals surface area contributed by atoms with Crippen molar-refractivity contribution < 1.29 is 4.74 Å². The molecule has 1 N–H and O–H groups in total. The number of nitrogens with one attached hydrogen (secondary N) is 1. The minimum Gasteiger partial charge on any atom is -0.489 e. The molecule has 3 rings (SSSR count). The highest BCUT2D eigenvalue weighted by atomic mass is 35.5. The minimum absolute atomic E-state index is 0.514. The fourth-order valence-electron chi connectivity index (χ4n) is 2.30. The number of benzene rings is 3. The first-order valence-corrected chi connectivity index (χ1v) is 7.70. The molecule has 3 heteroatoms. The van der Waals surface area contributed by atoms with Crippen LogP contribution in [0.3, 0.4) is 0 Å². The van der Waals surface area contributed by atoms with Crippen molar-refractivity contribution in [2.75, 3.05) is 0 Å². The van der Waals surface area contributed by atoms with Crippen molar-refractivity contribution in [2.24, 2.45) is 0 Å². The molecule has 0 fully saturated rings. The molecule has 0 saturated carbocycles. The van der Waals surface area contributed by atoms with E-state index < -0.39 is 0 Å². The predicted octanol–water partition coefficient (Wildman–Crippen LogP) is 5.58. The van der Waals surface area contributed by atoms with Crippen molar-refractivity contribution in [3.05, 3.63) is 88.9 Å². The summed E-state index contributed by atoms with van der Waals surface area (Å²) in [6, 6.07) is 23.5. The number of ether oxygens (including phenoxy) is 1. The summed E-state index contributed by atoms with van der Waals surface area (Å²) in [4.78, 5) is 0. The summed E-state index contributed by atoms with van der Waals surface area (Å²) in [6.07, 6.45) is 1.35. The van der Waals surface area contributed by atoms with Gasteiger partial charge in [-0.05, 0) is 52.6 Å². The van der Waals surface area contributed by atoms with E-state index in [2.05, 4.69) is 0 Å². The highest BCUT2D eigenvalue weighted by molar-refractivity contribution is 6.30. The lowest BCUT2D eigenvalue weighted by atomic mass is 10.0. The van der Waals surface area contributed by atoms with Crippen molar-refractivity contribution >= 4 is 17.8 Å². The number of rotatable bonds is 5. The topological polar surface area (TPSA) is 33.1 Å². The van der Waals surface area contributed by atoms with Crippen molar-refractivity contribution in [2.45, 2.75) is 6.61 Å². The van der Waals surface area contributed by atoms with Crippen molar-refractivity contribution in [1.29, 1.82) is 5.41 Å². The van der Waals surface area contributed by atoms with E-state index in [1.165, 1.54) is 6.21 Å². The zero-order chi connectivity index (χ0) is 16.1. The molecular weight excluding hydrogens is 306 g/mol. The fraction of sp³-hybridized carbons (Fsp3) is 0.0500. The molecule has 0 atom stereocenters. The Labute approximate surface area is 140 Å². The first kappa shape index (κ1) is 15.3. The van der Waals surface area contributed by atoms with Crippen molar-refractivity contribution in [1.82, 2.24) is 0 Å². The predicted molar refractivity (Wildman–Crippen MR) is 95.5 cm³/mol. The Hall–Kier alpha value is -2.58. The first-order valence-electron chi connectivity index (χ1n) is 7.33. The van der Waals surface area contributed by atoms with Gasteiger partial charge in [0, 0.05) is 11.2 Å². The van der Waals surface area contributed by atoms with Gasteiger partial charge in [-0.15, -0.1) is 0 Å². The second-order valence-electron chi connectivity index (χ2n) is 5.21. The van der Waals surface area contributed by atoms with Gasteiger partial charge in [-0.25, -0.2) is 0 Å². The zero-order valence-corrected chi connectivity index (χ0v) is 13.3. The average molecular weight is 322 g/mol. The Morgan fingerprint density at radius 3 is 2.30 bits per heavy atom. The summed E-state index contributed by atoms with van der Waals surface area (Å²) < 4.78 is 5.79. The van der Waals surface area contributed by atoms with E-state index in [0.717, 1.165) is 33.0 Å². The van der Waals surface area contributed by atoms with Crippen molar-refractivity contribution in [3.63, 3.8) is 0 Å². The van der Waals surface area contributed by atoms with E-state index >= 15 is 0 Å². The third-order valence-electron chi connectivity index (χ3n) is 3.56. The summed E-state index contributed by atoms with van der Waals surface area (Å²) in [5.41, 5.74) is 4.17. The van der Waals surface area contributed by atoms with Crippen LogP contribution in [0.2, 0.25) is 5.02 Å². The van der Waals surface area contributed by atoms with E-state index in [1.807, 2.05) is 72.8 Å². The molecule has 114 valence electrons. The Morgan fingerprint density at radius 2 is 1.61 bits per heavy atom. The number of hydrogen-bond donors (Lipinski definition) is 1. The fourth-order valence-corrected chi connectivity index (χ4v) is 2.42. The molecule has 0 aromatic heterocycles. The van der Waals surface area contributed by atoms with Crippen LogP contribution in [0.5, 0.6) is 5.75 Å². The van der Waals surface area contributed by atoms with E-state index in [1.54, 1.807) is 0 Å². The lowest BCUT2D eigenvalue weighted by Crippen LogP contribution is -1.94. The molecule has 0 bridgehead atoms. The van der Waals surface area contributed by atoms with E-state index in [4.69, 9.17) is 21.7 Å². The largest absolute Gasteiger partial charge is 0.489 e. The van der Waals surface area contributed by atoms with Crippen molar-refractivity contribution in [3.8, 4) is 16.9 Å². The standard InChI is InChI=1S/C20H16ClNO/c21-19-8-4-15(5-9-19)14-23-20-10-6-17(7-11-20)18-3-1-2-16(12-18)13-22/h1-13,22H,14H2. The third kappa shape index (κ3) is 3.99. The molecule has 3 aromatic carbocycles. The van der Waals surface area contributed by atoms with E-state index in [9.17, 15) is 0 Å². The maximum atomic E-state index is 7.33. The third-order valence-corrected chi connectivity index (χ3v) is 3.81. The van der Waals surface area contributed by atoms with E-state index in [0.29, 0.717) is 6.61 Å². The Bertz CT molecular complexity index is 795. The van der Waals surface area contributed by atoms with Gasteiger partial charge in [-0.1, -0.05) is 54.1 Å². The molecule has 0 spiro atoms. The van der Waals surface area contributed by atoms with Crippen LogP contribution < -0.4 is 4.74 Å². The minimum atomic E-state index is 0.514. The molecule has 0 unspecified atom stereocenters. The summed E-state index contributed by atoms with van der Waals surface area (Å²) >= 11 is 5.87. The van der Waals surface area contributed by atoms with Crippen LogP contribution in [0.15, 0.2) is 72.8 Å². The maximum Gasteiger partial charge on any atom is 0.119 e. The molecule has 0 heterocycles. The van der Waals surface area contributed by atoms with Crippen LogP contribution in [0, 0.1) is 5.41 Å². The van der Waals surface area contributed by atoms with Gasteiger partial charge in [0.05, 0.1) is 0 Å². The molecule has 0 aliphatic carbocycles. The Balaban J connectivity index is 1.69. The molecular formula is C20H16ClNO. The van der Waals surface area contributed by atoms with E-state index in [-0.39, 0.29) is 0 Å². The van der Waals surface area contributed by atoms with Gasteiger partial charge < -0.3 is 10.1 Å². The smallest absolute Gasteiger partial charge is 0.119 e. The van der Waals surface area contributed by atoms with Gasteiger partial charge in [-0.3, -0.25) is 0 Å². The van der Waals surface area contributed by atoms with Gasteiger partial charge in [0.25, 0.3) is 0 Å². The summed E-state index contributed by atoms with van der Waals surface area (Å²) in [7, 11) is 0.